The summed E-state index contributed by atoms with van der Waals surface area (Å²) >= 11 is 6.61. The number of hydroxylamine groups is 2. The third-order valence-electron chi connectivity index (χ3n) is 7.11. The molecule has 5 rings (SSSR count). The SMILES string of the molecule is COc1nc2c(c(N3CCC(C(=O)N(C)OC)CC3)n1)CCN(c1cccc3cccc(Cl)c13)C2. The molecule has 3 aromatic rings. The van der Waals surface area contributed by atoms with E-state index in [4.69, 9.17) is 31.1 Å². The van der Waals surface area contributed by atoms with Gasteiger partial charge in [0.2, 0.25) is 5.91 Å². The number of benzene rings is 2. The second kappa shape index (κ2) is 9.87. The molecule has 2 aromatic carbocycles. The van der Waals surface area contributed by atoms with Crippen LogP contribution in [0.15, 0.2) is 36.4 Å². The first-order chi connectivity index (χ1) is 17.0. The molecule has 0 atom stereocenters. The Labute approximate surface area is 210 Å². The molecule has 2 aliphatic rings. The summed E-state index contributed by atoms with van der Waals surface area (Å²) in [5.74, 6) is 0.912. The minimum Gasteiger partial charge on any atom is -0.467 e. The van der Waals surface area contributed by atoms with Crippen LogP contribution in [0.1, 0.15) is 24.1 Å². The van der Waals surface area contributed by atoms with Crippen LogP contribution in [-0.4, -0.2) is 61.8 Å². The van der Waals surface area contributed by atoms with E-state index < -0.39 is 0 Å². The molecule has 1 saturated heterocycles. The fourth-order valence-corrected chi connectivity index (χ4v) is 5.45. The average Bonchev–Trinajstić information content (AvgIpc) is 2.91. The zero-order chi connectivity index (χ0) is 24.5. The number of anilines is 2. The van der Waals surface area contributed by atoms with Crippen molar-refractivity contribution in [3.05, 3.63) is 52.7 Å². The van der Waals surface area contributed by atoms with E-state index in [0.717, 1.165) is 77.5 Å². The summed E-state index contributed by atoms with van der Waals surface area (Å²) in [5.41, 5.74) is 3.24. The van der Waals surface area contributed by atoms with Gasteiger partial charge in [0, 0.05) is 49.2 Å². The topological polar surface area (TPSA) is 71.0 Å². The maximum Gasteiger partial charge on any atom is 0.318 e. The average molecular weight is 496 g/mol. The van der Waals surface area contributed by atoms with Gasteiger partial charge < -0.3 is 14.5 Å². The number of piperidine rings is 1. The molecule has 8 nitrogen and oxygen atoms in total. The van der Waals surface area contributed by atoms with E-state index in [1.165, 1.54) is 12.2 Å². The van der Waals surface area contributed by atoms with Gasteiger partial charge in [-0.2, -0.15) is 9.97 Å². The Morgan fingerprint density at radius 3 is 2.51 bits per heavy atom. The Hall–Kier alpha value is -3.10. The van der Waals surface area contributed by atoms with Gasteiger partial charge >= 0.3 is 6.01 Å². The zero-order valence-corrected chi connectivity index (χ0v) is 21.1. The molecule has 1 amide bonds. The number of aromatic nitrogens is 2. The van der Waals surface area contributed by atoms with Crippen molar-refractivity contribution < 1.29 is 14.4 Å². The second-order valence-electron chi connectivity index (χ2n) is 9.03. The largest absolute Gasteiger partial charge is 0.467 e. The second-order valence-corrected chi connectivity index (χ2v) is 9.43. The van der Waals surface area contributed by atoms with Crippen LogP contribution in [0.25, 0.3) is 10.8 Å². The molecule has 0 unspecified atom stereocenters. The van der Waals surface area contributed by atoms with E-state index in [1.54, 1.807) is 14.2 Å². The lowest BCUT2D eigenvalue weighted by molar-refractivity contribution is -0.174. The normalized spacial score (nSPS) is 16.3. The Balaban J connectivity index is 1.42. The quantitative estimate of drug-likeness (QED) is 0.494. The highest BCUT2D eigenvalue weighted by molar-refractivity contribution is 6.36. The van der Waals surface area contributed by atoms with Crippen LogP contribution in [0.5, 0.6) is 6.01 Å². The molecule has 0 saturated carbocycles. The number of halogens is 1. The number of rotatable bonds is 5. The minimum atomic E-state index is -0.0395. The van der Waals surface area contributed by atoms with Crippen LogP contribution in [0.3, 0.4) is 0 Å². The fourth-order valence-electron chi connectivity index (χ4n) is 5.17. The summed E-state index contributed by atoms with van der Waals surface area (Å²) in [5, 5.41) is 4.26. The molecule has 0 radical (unpaired) electrons. The highest BCUT2D eigenvalue weighted by Gasteiger charge is 2.31. The molecule has 0 N–H and O–H groups in total. The summed E-state index contributed by atoms with van der Waals surface area (Å²) in [7, 11) is 4.78. The standard InChI is InChI=1S/C26H30ClN5O3/c1-30(35-3)25(33)18-10-13-31(14-11-18)24-19-12-15-32(16-21(19)28-26(29-24)34-2)22-9-5-7-17-6-4-8-20(27)23(17)22/h4-9,18H,10-16H2,1-3H3. The lowest BCUT2D eigenvalue weighted by Gasteiger charge is -2.37. The number of nitrogens with zero attached hydrogens (tertiary/aromatic N) is 5. The van der Waals surface area contributed by atoms with Crippen molar-refractivity contribution in [2.45, 2.75) is 25.8 Å². The Bertz CT molecular complexity index is 1240. The Kier molecular flexibility index (Phi) is 6.67. The van der Waals surface area contributed by atoms with Crippen molar-refractivity contribution in [3.8, 4) is 6.01 Å². The molecule has 9 heteroatoms. The van der Waals surface area contributed by atoms with Crippen LogP contribution >= 0.6 is 11.6 Å². The van der Waals surface area contributed by atoms with Crippen molar-refractivity contribution in [2.75, 3.05) is 50.7 Å². The van der Waals surface area contributed by atoms with Gasteiger partial charge in [0.15, 0.2) is 0 Å². The van der Waals surface area contributed by atoms with Gasteiger partial charge in [-0.15, -0.1) is 0 Å². The van der Waals surface area contributed by atoms with E-state index in [0.29, 0.717) is 12.6 Å². The molecule has 1 aromatic heterocycles. The van der Waals surface area contributed by atoms with Crippen LogP contribution in [-0.2, 0) is 22.6 Å². The van der Waals surface area contributed by atoms with Crippen molar-refractivity contribution in [1.29, 1.82) is 0 Å². The van der Waals surface area contributed by atoms with Gasteiger partial charge in [-0.05, 0) is 36.8 Å². The number of amides is 1. The van der Waals surface area contributed by atoms with E-state index in [1.807, 2.05) is 12.1 Å². The van der Waals surface area contributed by atoms with Crippen molar-refractivity contribution in [3.63, 3.8) is 0 Å². The number of ether oxygens (including phenoxy) is 1. The summed E-state index contributed by atoms with van der Waals surface area (Å²) in [6, 6.07) is 12.7. The van der Waals surface area contributed by atoms with E-state index in [2.05, 4.69) is 34.1 Å². The van der Waals surface area contributed by atoms with Gasteiger partial charge in [-0.1, -0.05) is 35.9 Å². The number of fused-ring (bicyclic) bond motifs is 2. The number of carbonyl (C=O) groups excluding carboxylic acids is 1. The highest BCUT2D eigenvalue weighted by Crippen LogP contribution is 2.37. The lowest BCUT2D eigenvalue weighted by Crippen LogP contribution is -2.42. The Morgan fingerprint density at radius 1 is 1.06 bits per heavy atom. The molecule has 35 heavy (non-hydrogen) atoms. The Morgan fingerprint density at radius 2 is 1.80 bits per heavy atom. The monoisotopic (exact) mass is 495 g/mol. The molecule has 0 aliphatic carbocycles. The molecule has 3 heterocycles. The smallest absolute Gasteiger partial charge is 0.318 e. The van der Waals surface area contributed by atoms with E-state index in [-0.39, 0.29) is 11.8 Å². The molecular weight excluding hydrogens is 466 g/mol. The summed E-state index contributed by atoms with van der Waals surface area (Å²) in [6.07, 6.45) is 2.34. The summed E-state index contributed by atoms with van der Waals surface area (Å²) in [4.78, 5) is 31.7. The van der Waals surface area contributed by atoms with Crippen molar-refractivity contribution in [1.82, 2.24) is 15.0 Å². The highest BCUT2D eigenvalue weighted by atomic mass is 35.5. The first kappa shape index (κ1) is 23.6. The van der Waals surface area contributed by atoms with Crippen LogP contribution < -0.4 is 14.5 Å². The van der Waals surface area contributed by atoms with Crippen LogP contribution in [0, 0.1) is 5.92 Å². The number of hydrogen-bond acceptors (Lipinski definition) is 7. The zero-order valence-electron chi connectivity index (χ0n) is 20.3. The van der Waals surface area contributed by atoms with Gasteiger partial charge in [0.1, 0.15) is 5.82 Å². The predicted octanol–water partition coefficient (Wildman–Crippen LogP) is 4.09. The van der Waals surface area contributed by atoms with Crippen molar-refractivity contribution in [2.24, 2.45) is 5.92 Å². The van der Waals surface area contributed by atoms with Gasteiger partial charge in [0.05, 0.1) is 31.5 Å². The molecule has 0 bridgehead atoms. The number of carbonyl (C=O) groups is 1. The number of hydrogen-bond donors (Lipinski definition) is 0. The van der Waals surface area contributed by atoms with Crippen molar-refractivity contribution >= 4 is 39.8 Å². The number of methoxy groups -OCH3 is 1. The molecule has 184 valence electrons. The first-order valence-electron chi connectivity index (χ1n) is 11.9. The lowest BCUT2D eigenvalue weighted by atomic mass is 9.95. The third kappa shape index (κ3) is 4.48. The molecule has 0 spiro atoms. The minimum absolute atomic E-state index is 0.0267. The maximum atomic E-state index is 12.5. The summed E-state index contributed by atoms with van der Waals surface area (Å²) in [6.45, 7) is 3.00. The van der Waals surface area contributed by atoms with E-state index in [9.17, 15) is 4.79 Å². The van der Waals surface area contributed by atoms with Crippen LogP contribution in [0.4, 0.5) is 11.5 Å². The molecule has 2 aliphatic heterocycles. The third-order valence-corrected chi connectivity index (χ3v) is 7.42. The van der Waals surface area contributed by atoms with Gasteiger partial charge in [-0.3, -0.25) is 9.63 Å². The van der Waals surface area contributed by atoms with Gasteiger partial charge in [-0.25, -0.2) is 5.06 Å². The molecule has 1 fully saturated rings. The first-order valence-corrected chi connectivity index (χ1v) is 12.3. The van der Waals surface area contributed by atoms with Gasteiger partial charge in [0.25, 0.3) is 0 Å². The fraction of sp³-hybridized carbons (Fsp3) is 0.423. The maximum absolute atomic E-state index is 12.5. The van der Waals surface area contributed by atoms with Crippen LogP contribution in [0.2, 0.25) is 5.02 Å². The predicted molar refractivity (Wildman–Crippen MR) is 137 cm³/mol. The summed E-state index contributed by atoms with van der Waals surface area (Å²) < 4.78 is 5.48. The molecular formula is C26H30ClN5O3. The van der Waals surface area contributed by atoms with E-state index >= 15 is 0 Å².